The molecule has 3 N–H and O–H groups in total. The van der Waals surface area contributed by atoms with Gasteiger partial charge in [0.25, 0.3) is 6.43 Å². The zero-order chi connectivity index (χ0) is 12.8. The summed E-state index contributed by atoms with van der Waals surface area (Å²) >= 11 is 0. The predicted octanol–water partition coefficient (Wildman–Crippen LogP) is 0.0604. The molecule has 0 saturated heterocycles. The lowest BCUT2D eigenvalue weighted by Crippen LogP contribution is -2.39. The van der Waals surface area contributed by atoms with Crippen molar-refractivity contribution >= 4 is 11.7 Å². The molecule has 1 atom stereocenters. The van der Waals surface area contributed by atoms with E-state index in [-0.39, 0.29) is 12.4 Å². The molecule has 1 unspecified atom stereocenters. The number of carbonyl (C=O) groups is 1. The predicted molar refractivity (Wildman–Crippen MR) is 56.7 cm³/mol. The van der Waals surface area contributed by atoms with Gasteiger partial charge < -0.3 is 15.8 Å². The third-order valence-corrected chi connectivity index (χ3v) is 1.90. The van der Waals surface area contributed by atoms with E-state index in [9.17, 15) is 13.6 Å². The van der Waals surface area contributed by atoms with E-state index in [4.69, 9.17) is 10.5 Å². The molecule has 0 aliphatic rings. The summed E-state index contributed by atoms with van der Waals surface area (Å²) in [7, 11) is 1.42. The quantitative estimate of drug-likeness (QED) is 0.745. The van der Waals surface area contributed by atoms with E-state index in [1.165, 1.54) is 19.4 Å². The minimum atomic E-state index is -2.49. The number of rotatable bonds is 6. The van der Waals surface area contributed by atoms with E-state index < -0.39 is 24.9 Å². The first-order valence-corrected chi connectivity index (χ1v) is 4.90. The Hall–Kier alpha value is -1.54. The summed E-state index contributed by atoms with van der Waals surface area (Å²) in [5.41, 5.74) is 5.47. The topological polar surface area (TPSA) is 82.2 Å². The molecule has 0 aromatic carbocycles. The number of nitrogens with zero attached hydrogens (tertiary/aromatic N) is 2. The van der Waals surface area contributed by atoms with Gasteiger partial charge in [0, 0.05) is 19.4 Å². The van der Waals surface area contributed by atoms with Crippen molar-refractivity contribution in [1.82, 2.24) is 9.78 Å². The van der Waals surface area contributed by atoms with Crippen molar-refractivity contribution in [2.45, 2.75) is 19.0 Å². The highest BCUT2D eigenvalue weighted by Gasteiger charge is 2.14. The molecule has 0 aliphatic carbocycles. The number of ether oxygens (including phenoxy) is 1. The summed E-state index contributed by atoms with van der Waals surface area (Å²) in [6, 6.07) is 0.597. The van der Waals surface area contributed by atoms with E-state index in [0.29, 0.717) is 0 Å². The zero-order valence-corrected chi connectivity index (χ0v) is 9.27. The van der Waals surface area contributed by atoms with Gasteiger partial charge in [-0.05, 0) is 0 Å². The minimum absolute atomic E-state index is 0.0730. The number of alkyl halides is 2. The Morgan fingerprint density at radius 2 is 2.41 bits per heavy atom. The van der Waals surface area contributed by atoms with Gasteiger partial charge >= 0.3 is 0 Å². The van der Waals surface area contributed by atoms with Crippen LogP contribution in [0.1, 0.15) is 0 Å². The first kappa shape index (κ1) is 13.5. The molecule has 0 radical (unpaired) electrons. The Labute approximate surface area is 96.7 Å². The summed E-state index contributed by atoms with van der Waals surface area (Å²) in [6.07, 6.45) is -1.14. The maximum atomic E-state index is 12.0. The van der Waals surface area contributed by atoms with E-state index in [1.54, 1.807) is 0 Å². The fourth-order valence-electron chi connectivity index (χ4n) is 1.15. The molecule has 1 aromatic rings. The highest BCUT2D eigenvalue weighted by atomic mass is 19.3. The summed E-state index contributed by atoms with van der Waals surface area (Å²) in [5.74, 6) is -0.295. The van der Waals surface area contributed by atoms with Crippen molar-refractivity contribution in [2.75, 3.05) is 19.0 Å². The normalized spacial score (nSPS) is 12.8. The number of amides is 1. The van der Waals surface area contributed by atoms with Gasteiger partial charge in [-0.2, -0.15) is 5.10 Å². The molecule has 0 aliphatic heterocycles. The van der Waals surface area contributed by atoms with Gasteiger partial charge in [0.05, 0.1) is 6.61 Å². The van der Waals surface area contributed by atoms with Crippen molar-refractivity contribution in [3.8, 4) is 0 Å². The second kappa shape index (κ2) is 6.26. The standard InChI is InChI=1S/C9H14F2N4O2/c1-17-5-6(12)9(16)13-8-2-3-15(14-8)4-7(10)11/h2-3,6-7H,4-5,12H2,1H3,(H,13,14,16). The number of hydrogen-bond donors (Lipinski definition) is 2. The summed E-state index contributed by atoms with van der Waals surface area (Å²) in [5, 5.41) is 6.14. The summed E-state index contributed by atoms with van der Waals surface area (Å²) in [6.45, 7) is -0.441. The lowest BCUT2D eigenvalue weighted by atomic mass is 10.3. The third kappa shape index (κ3) is 4.45. The van der Waals surface area contributed by atoms with Crippen molar-refractivity contribution in [1.29, 1.82) is 0 Å². The molecular formula is C9H14F2N4O2. The number of nitrogens with two attached hydrogens (primary N) is 1. The number of nitrogens with one attached hydrogen (secondary N) is 1. The lowest BCUT2D eigenvalue weighted by molar-refractivity contribution is -0.118. The largest absolute Gasteiger partial charge is 0.383 e. The van der Waals surface area contributed by atoms with Crippen molar-refractivity contribution in [2.24, 2.45) is 5.73 Å². The van der Waals surface area contributed by atoms with Crippen LogP contribution in [0.3, 0.4) is 0 Å². The molecule has 17 heavy (non-hydrogen) atoms. The molecule has 0 saturated carbocycles. The number of aromatic nitrogens is 2. The second-order valence-electron chi connectivity index (χ2n) is 3.37. The van der Waals surface area contributed by atoms with Gasteiger partial charge in [0.1, 0.15) is 12.6 Å². The summed E-state index contributed by atoms with van der Waals surface area (Å²) < 4.78 is 29.8. The van der Waals surface area contributed by atoms with Gasteiger partial charge in [0.15, 0.2) is 5.82 Å². The van der Waals surface area contributed by atoms with E-state index in [1.807, 2.05) is 0 Å². The first-order valence-electron chi connectivity index (χ1n) is 4.90. The van der Waals surface area contributed by atoms with Gasteiger partial charge in [0.2, 0.25) is 5.91 Å². The maximum absolute atomic E-state index is 12.0. The smallest absolute Gasteiger partial charge is 0.257 e. The Morgan fingerprint density at radius 1 is 1.71 bits per heavy atom. The molecule has 0 spiro atoms. The SMILES string of the molecule is COCC(N)C(=O)Nc1ccn(CC(F)F)n1. The van der Waals surface area contributed by atoms with Gasteiger partial charge in [-0.15, -0.1) is 0 Å². The number of carbonyl (C=O) groups excluding carboxylic acids is 1. The molecule has 0 bridgehead atoms. The molecule has 1 amide bonds. The Morgan fingerprint density at radius 3 is 3.00 bits per heavy atom. The van der Waals surface area contributed by atoms with Crippen LogP contribution >= 0.6 is 0 Å². The van der Waals surface area contributed by atoms with Crippen LogP contribution in [0.15, 0.2) is 12.3 Å². The van der Waals surface area contributed by atoms with Crippen LogP contribution < -0.4 is 11.1 Å². The van der Waals surface area contributed by atoms with Gasteiger partial charge in [-0.1, -0.05) is 0 Å². The van der Waals surface area contributed by atoms with Crippen LogP contribution in [0, 0.1) is 0 Å². The maximum Gasteiger partial charge on any atom is 0.257 e. The van der Waals surface area contributed by atoms with E-state index >= 15 is 0 Å². The van der Waals surface area contributed by atoms with Crippen LogP contribution in [0.25, 0.3) is 0 Å². The number of halogens is 2. The van der Waals surface area contributed by atoms with Gasteiger partial charge in [-0.3, -0.25) is 9.48 Å². The van der Waals surface area contributed by atoms with E-state index in [2.05, 4.69) is 10.4 Å². The number of methoxy groups -OCH3 is 1. The van der Waals surface area contributed by atoms with Crippen molar-refractivity contribution in [3.05, 3.63) is 12.3 Å². The highest BCUT2D eigenvalue weighted by Crippen LogP contribution is 2.05. The van der Waals surface area contributed by atoms with Gasteiger partial charge in [-0.25, -0.2) is 8.78 Å². The van der Waals surface area contributed by atoms with Crippen LogP contribution in [0.5, 0.6) is 0 Å². The van der Waals surface area contributed by atoms with Crippen LogP contribution in [0.4, 0.5) is 14.6 Å². The average molecular weight is 248 g/mol. The Balaban J connectivity index is 2.51. The summed E-state index contributed by atoms with van der Waals surface area (Å²) in [4.78, 5) is 11.4. The molecule has 1 aromatic heterocycles. The molecule has 96 valence electrons. The van der Waals surface area contributed by atoms with Crippen molar-refractivity contribution in [3.63, 3.8) is 0 Å². The van der Waals surface area contributed by atoms with Crippen molar-refractivity contribution < 1.29 is 18.3 Å². The zero-order valence-electron chi connectivity index (χ0n) is 9.27. The Kier molecular flexibility index (Phi) is 4.98. The fourth-order valence-corrected chi connectivity index (χ4v) is 1.15. The lowest BCUT2D eigenvalue weighted by Gasteiger charge is -2.09. The first-order chi connectivity index (χ1) is 8.02. The highest BCUT2D eigenvalue weighted by molar-refractivity contribution is 5.93. The molecular weight excluding hydrogens is 234 g/mol. The van der Waals surface area contributed by atoms with Crippen LogP contribution in [-0.4, -0.2) is 41.9 Å². The van der Waals surface area contributed by atoms with E-state index in [0.717, 1.165) is 4.68 Å². The molecule has 6 nitrogen and oxygen atoms in total. The monoisotopic (exact) mass is 248 g/mol. The second-order valence-corrected chi connectivity index (χ2v) is 3.37. The molecule has 1 heterocycles. The minimum Gasteiger partial charge on any atom is -0.383 e. The van der Waals surface area contributed by atoms with Crippen LogP contribution in [-0.2, 0) is 16.1 Å². The number of anilines is 1. The third-order valence-electron chi connectivity index (χ3n) is 1.90. The van der Waals surface area contributed by atoms with Crippen LogP contribution in [0.2, 0.25) is 0 Å². The Bertz CT molecular complexity index is 370. The molecule has 0 fully saturated rings. The molecule has 8 heteroatoms. The fraction of sp³-hybridized carbons (Fsp3) is 0.556. The molecule has 1 rings (SSSR count). The average Bonchev–Trinajstić information content (AvgIpc) is 2.64. The number of hydrogen-bond acceptors (Lipinski definition) is 4.